The van der Waals surface area contributed by atoms with Crippen LogP contribution in [0.2, 0.25) is 5.02 Å². The lowest BCUT2D eigenvalue weighted by molar-refractivity contribution is -0.139. The first-order valence-corrected chi connectivity index (χ1v) is 12.2. The van der Waals surface area contributed by atoms with E-state index in [-0.39, 0.29) is 16.7 Å². The summed E-state index contributed by atoms with van der Waals surface area (Å²) in [6, 6.07) is 11.6. The normalized spacial score (nSPS) is 15.9. The number of benzene rings is 2. The lowest BCUT2D eigenvalue weighted by Crippen LogP contribution is -2.48. The number of rotatable bonds is 9. The summed E-state index contributed by atoms with van der Waals surface area (Å²) >= 11 is 6.08. The minimum absolute atomic E-state index is 0.0634. The highest BCUT2D eigenvalue weighted by molar-refractivity contribution is 7.89. The predicted octanol–water partition coefficient (Wildman–Crippen LogP) is 3.49. The van der Waals surface area contributed by atoms with Gasteiger partial charge in [-0.1, -0.05) is 18.5 Å². The Labute approximate surface area is 193 Å². The summed E-state index contributed by atoms with van der Waals surface area (Å²) in [5, 5.41) is 9.12. The minimum Gasteiger partial charge on any atom is -0.491 e. The fourth-order valence-electron chi connectivity index (χ4n) is 3.28. The van der Waals surface area contributed by atoms with E-state index in [2.05, 4.69) is 0 Å². The van der Waals surface area contributed by atoms with Crippen molar-refractivity contribution in [2.75, 3.05) is 37.7 Å². The van der Waals surface area contributed by atoms with Crippen molar-refractivity contribution in [3.63, 3.8) is 0 Å². The molecule has 0 bridgehead atoms. The summed E-state index contributed by atoms with van der Waals surface area (Å²) in [4.78, 5) is 13.0. The first-order chi connectivity index (χ1) is 15.2. The van der Waals surface area contributed by atoms with Crippen molar-refractivity contribution in [1.82, 2.24) is 4.31 Å². The molecule has 1 fully saturated rings. The van der Waals surface area contributed by atoms with Gasteiger partial charge in [0.05, 0.1) is 16.0 Å². The number of carbonyl (C=O) groups is 1. The second kappa shape index (κ2) is 10.4. The van der Waals surface area contributed by atoms with Crippen molar-refractivity contribution >= 4 is 33.3 Å². The highest BCUT2D eigenvalue weighted by Gasteiger charge is 2.29. The van der Waals surface area contributed by atoms with E-state index in [1.54, 1.807) is 42.5 Å². The van der Waals surface area contributed by atoms with Crippen LogP contribution in [0.4, 0.5) is 5.69 Å². The van der Waals surface area contributed by atoms with Gasteiger partial charge >= 0.3 is 5.97 Å². The number of hydrogen-bond acceptors (Lipinski definition) is 6. The molecule has 0 saturated carbocycles. The van der Waals surface area contributed by atoms with Crippen LogP contribution in [0.3, 0.4) is 0 Å². The Morgan fingerprint density at radius 1 is 1.12 bits per heavy atom. The van der Waals surface area contributed by atoms with Crippen LogP contribution in [0, 0.1) is 0 Å². The third-order valence-electron chi connectivity index (χ3n) is 5.24. The quantitative estimate of drug-likeness (QED) is 0.584. The zero-order chi connectivity index (χ0) is 23.3. The number of piperazine rings is 1. The minimum atomic E-state index is -3.61. The van der Waals surface area contributed by atoms with Crippen molar-refractivity contribution in [1.29, 1.82) is 0 Å². The Balaban J connectivity index is 1.65. The number of ether oxygens (including phenoxy) is 2. The fourth-order valence-corrected chi connectivity index (χ4v) is 4.87. The van der Waals surface area contributed by atoms with E-state index in [0.717, 1.165) is 12.1 Å². The van der Waals surface area contributed by atoms with Crippen LogP contribution in [-0.2, 0) is 14.8 Å². The van der Waals surface area contributed by atoms with E-state index in [1.165, 1.54) is 4.31 Å². The number of hydrogen-bond donors (Lipinski definition) is 1. The average Bonchev–Trinajstić information content (AvgIpc) is 2.79. The van der Waals surface area contributed by atoms with Gasteiger partial charge in [0.25, 0.3) is 0 Å². The summed E-state index contributed by atoms with van der Waals surface area (Å²) < 4.78 is 38.5. The number of nitrogens with zero attached hydrogens (tertiary/aromatic N) is 2. The van der Waals surface area contributed by atoms with Crippen LogP contribution in [0.1, 0.15) is 20.3 Å². The molecular formula is C22H27ClN2O6S. The number of aliphatic carboxylic acids is 1. The third kappa shape index (κ3) is 5.85. The molecule has 0 aromatic heterocycles. The van der Waals surface area contributed by atoms with E-state index in [1.807, 2.05) is 18.7 Å². The molecule has 174 valence electrons. The summed E-state index contributed by atoms with van der Waals surface area (Å²) in [5.41, 5.74) is 0.790. The molecule has 1 aliphatic rings. The molecule has 0 amide bonds. The highest BCUT2D eigenvalue weighted by Crippen LogP contribution is 2.31. The fraction of sp³-hybridized carbons (Fsp3) is 0.409. The summed E-state index contributed by atoms with van der Waals surface area (Å²) in [6.07, 6.45) is 0.930. The van der Waals surface area contributed by atoms with Crippen molar-refractivity contribution in [3.05, 3.63) is 47.5 Å². The predicted molar refractivity (Wildman–Crippen MR) is 122 cm³/mol. The standard InChI is InChI=1S/C22H27ClN2O6S/c1-3-16(2)31-18-5-7-19(8-6-18)32(28,29)25-12-10-24(11-13-25)17-4-9-20(23)21(14-17)30-15-22(26)27/h4-9,14,16H,3,10-13,15H2,1-2H3,(H,26,27)/t16-/m1/s1. The molecule has 1 saturated heterocycles. The molecule has 1 N–H and O–H groups in total. The van der Waals surface area contributed by atoms with E-state index < -0.39 is 22.6 Å². The smallest absolute Gasteiger partial charge is 0.341 e. The van der Waals surface area contributed by atoms with Crippen molar-refractivity contribution in [2.45, 2.75) is 31.3 Å². The van der Waals surface area contributed by atoms with Crippen molar-refractivity contribution in [2.24, 2.45) is 0 Å². The molecule has 3 rings (SSSR count). The molecule has 0 radical (unpaired) electrons. The van der Waals surface area contributed by atoms with Gasteiger partial charge < -0.3 is 19.5 Å². The number of anilines is 1. The molecule has 1 heterocycles. The number of sulfonamides is 1. The van der Waals surface area contributed by atoms with Gasteiger partial charge in [0.15, 0.2) is 6.61 Å². The van der Waals surface area contributed by atoms with Gasteiger partial charge in [0, 0.05) is 37.9 Å². The number of carboxylic acid groups (broad SMARTS) is 1. The Morgan fingerprint density at radius 2 is 1.78 bits per heavy atom. The zero-order valence-corrected chi connectivity index (χ0v) is 19.6. The summed E-state index contributed by atoms with van der Waals surface area (Å²) in [7, 11) is -3.61. The van der Waals surface area contributed by atoms with Gasteiger partial charge in [-0.2, -0.15) is 4.31 Å². The van der Waals surface area contributed by atoms with E-state index >= 15 is 0 Å². The molecule has 1 atom stereocenters. The van der Waals surface area contributed by atoms with Crippen molar-refractivity contribution in [3.8, 4) is 11.5 Å². The largest absolute Gasteiger partial charge is 0.491 e. The summed E-state index contributed by atoms with van der Waals surface area (Å²) in [5.74, 6) is -0.169. The van der Waals surface area contributed by atoms with Gasteiger partial charge in [-0.05, 0) is 49.7 Å². The number of halogens is 1. The van der Waals surface area contributed by atoms with Crippen LogP contribution in [0.15, 0.2) is 47.4 Å². The first-order valence-electron chi connectivity index (χ1n) is 10.4. The second-order valence-corrected chi connectivity index (χ2v) is 9.84. The third-order valence-corrected chi connectivity index (χ3v) is 7.47. The molecule has 2 aromatic rings. The maximum Gasteiger partial charge on any atom is 0.341 e. The highest BCUT2D eigenvalue weighted by atomic mass is 35.5. The van der Waals surface area contributed by atoms with Crippen LogP contribution in [-0.4, -0.2) is 62.7 Å². The van der Waals surface area contributed by atoms with Gasteiger partial charge in [0.2, 0.25) is 10.0 Å². The lowest BCUT2D eigenvalue weighted by atomic mass is 10.2. The Morgan fingerprint density at radius 3 is 2.38 bits per heavy atom. The van der Waals surface area contributed by atoms with Crippen LogP contribution in [0.25, 0.3) is 0 Å². The SMILES string of the molecule is CC[C@@H](C)Oc1ccc(S(=O)(=O)N2CCN(c3ccc(Cl)c(OCC(=O)O)c3)CC2)cc1. The first kappa shape index (κ1) is 24.2. The Hall–Kier alpha value is -2.49. The molecule has 0 spiro atoms. The van der Waals surface area contributed by atoms with E-state index in [0.29, 0.717) is 37.0 Å². The molecule has 0 aliphatic carbocycles. The van der Waals surface area contributed by atoms with Gasteiger partial charge in [0.1, 0.15) is 11.5 Å². The zero-order valence-electron chi connectivity index (χ0n) is 18.0. The monoisotopic (exact) mass is 482 g/mol. The van der Waals surface area contributed by atoms with Gasteiger partial charge in [-0.15, -0.1) is 0 Å². The van der Waals surface area contributed by atoms with Gasteiger partial charge in [-0.25, -0.2) is 13.2 Å². The van der Waals surface area contributed by atoms with E-state index in [4.69, 9.17) is 26.2 Å². The number of carboxylic acids is 1. The maximum atomic E-state index is 13.0. The molecule has 1 aliphatic heterocycles. The molecule has 8 nitrogen and oxygen atoms in total. The average molecular weight is 483 g/mol. The van der Waals surface area contributed by atoms with Crippen LogP contribution >= 0.6 is 11.6 Å². The Bertz CT molecular complexity index is 1040. The van der Waals surface area contributed by atoms with Crippen LogP contribution in [0.5, 0.6) is 11.5 Å². The molecule has 10 heteroatoms. The Kier molecular flexibility index (Phi) is 7.86. The van der Waals surface area contributed by atoms with Crippen LogP contribution < -0.4 is 14.4 Å². The van der Waals surface area contributed by atoms with Crippen molar-refractivity contribution < 1.29 is 27.8 Å². The maximum absolute atomic E-state index is 13.0. The second-order valence-electron chi connectivity index (χ2n) is 7.50. The molecule has 32 heavy (non-hydrogen) atoms. The van der Waals surface area contributed by atoms with E-state index in [9.17, 15) is 13.2 Å². The molecular weight excluding hydrogens is 456 g/mol. The lowest BCUT2D eigenvalue weighted by Gasteiger charge is -2.35. The summed E-state index contributed by atoms with van der Waals surface area (Å²) in [6.45, 7) is 5.10. The van der Waals surface area contributed by atoms with Gasteiger partial charge in [-0.3, -0.25) is 0 Å². The molecule has 0 unspecified atom stereocenters. The molecule has 2 aromatic carbocycles. The topological polar surface area (TPSA) is 96.4 Å².